The van der Waals surface area contributed by atoms with Crippen LogP contribution in [-0.4, -0.2) is 58.9 Å². The monoisotopic (exact) mass is 445 g/mol. The van der Waals surface area contributed by atoms with Gasteiger partial charge in [0.25, 0.3) is 5.91 Å². The predicted octanol–water partition coefficient (Wildman–Crippen LogP) is 2.34. The number of nitrogens with zero attached hydrogens (tertiary/aromatic N) is 4. The molecule has 2 heterocycles. The highest BCUT2D eigenvalue weighted by molar-refractivity contribution is 9.10. The number of hydrogen-bond donors (Lipinski definition) is 1. The molecule has 0 radical (unpaired) electrons. The van der Waals surface area contributed by atoms with Gasteiger partial charge in [-0.1, -0.05) is 26.0 Å². The van der Waals surface area contributed by atoms with Crippen LogP contribution in [0.3, 0.4) is 0 Å². The summed E-state index contributed by atoms with van der Waals surface area (Å²) in [5.74, 6) is 0.353. The van der Waals surface area contributed by atoms with E-state index < -0.39 is 6.04 Å². The third-order valence-electron chi connectivity index (χ3n) is 4.76. The highest BCUT2D eigenvalue weighted by atomic mass is 79.9. The minimum Gasteiger partial charge on any atom is -0.340 e. The van der Waals surface area contributed by atoms with E-state index in [4.69, 9.17) is 0 Å². The number of anilines is 1. The quantitative estimate of drug-likeness (QED) is 0.763. The molecule has 0 saturated carbocycles. The van der Waals surface area contributed by atoms with Crippen molar-refractivity contribution < 1.29 is 9.59 Å². The minimum atomic E-state index is -0.570. The van der Waals surface area contributed by atoms with Crippen LogP contribution in [0.25, 0.3) is 0 Å². The van der Waals surface area contributed by atoms with E-state index in [1.165, 1.54) is 0 Å². The molecule has 1 aromatic carbocycles. The first kappa shape index (κ1) is 20.3. The molecule has 1 N–H and O–H groups in total. The standard InChI is InChI=1S/C20H24BrN5O2/c1-14(2)17(24-18(27)15-6-3-4-7-16(15)21)19(28)25-10-12-26(13-11-25)20-22-8-5-9-23-20/h3-9,14,17H,10-13H2,1-2H3,(H,24,27)/t17-/m0/s1. The van der Waals surface area contributed by atoms with Gasteiger partial charge in [-0.3, -0.25) is 9.59 Å². The highest BCUT2D eigenvalue weighted by Crippen LogP contribution is 2.17. The Morgan fingerprint density at radius 2 is 1.68 bits per heavy atom. The number of nitrogens with one attached hydrogen (secondary N) is 1. The number of amides is 2. The van der Waals surface area contributed by atoms with Crippen LogP contribution < -0.4 is 10.2 Å². The molecule has 3 rings (SSSR count). The number of rotatable bonds is 5. The number of piperazine rings is 1. The van der Waals surface area contributed by atoms with Gasteiger partial charge in [0.2, 0.25) is 11.9 Å². The topological polar surface area (TPSA) is 78.4 Å². The van der Waals surface area contributed by atoms with Crippen molar-refractivity contribution in [3.8, 4) is 0 Å². The summed E-state index contributed by atoms with van der Waals surface area (Å²) in [6, 6.07) is 8.41. The van der Waals surface area contributed by atoms with Gasteiger partial charge in [0.05, 0.1) is 5.56 Å². The van der Waals surface area contributed by atoms with E-state index in [0.29, 0.717) is 42.2 Å². The summed E-state index contributed by atoms with van der Waals surface area (Å²) in [6.45, 7) is 6.36. The van der Waals surface area contributed by atoms with E-state index in [1.807, 2.05) is 30.9 Å². The van der Waals surface area contributed by atoms with Gasteiger partial charge in [-0.2, -0.15) is 0 Å². The summed E-state index contributed by atoms with van der Waals surface area (Å²) in [5, 5.41) is 2.92. The van der Waals surface area contributed by atoms with Crippen molar-refractivity contribution in [2.24, 2.45) is 5.92 Å². The molecular weight excluding hydrogens is 422 g/mol. The second kappa shape index (κ2) is 9.14. The zero-order valence-electron chi connectivity index (χ0n) is 16.0. The van der Waals surface area contributed by atoms with E-state index in [0.717, 1.165) is 0 Å². The average molecular weight is 446 g/mol. The van der Waals surface area contributed by atoms with Crippen LogP contribution in [0.5, 0.6) is 0 Å². The van der Waals surface area contributed by atoms with E-state index in [-0.39, 0.29) is 17.7 Å². The Bertz CT molecular complexity index is 822. The second-order valence-corrected chi connectivity index (χ2v) is 7.89. The van der Waals surface area contributed by atoms with Gasteiger partial charge in [-0.05, 0) is 40.0 Å². The smallest absolute Gasteiger partial charge is 0.253 e. The first-order chi connectivity index (χ1) is 13.5. The summed E-state index contributed by atoms with van der Waals surface area (Å²) in [6.07, 6.45) is 3.43. The summed E-state index contributed by atoms with van der Waals surface area (Å²) < 4.78 is 0.707. The van der Waals surface area contributed by atoms with Crippen molar-refractivity contribution in [2.45, 2.75) is 19.9 Å². The Hall–Kier alpha value is -2.48. The van der Waals surface area contributed by atoms with Gasteiger partial charge < -0.3 is 15.1 Å². The van der Waals surface area contributed by atoms with Crippen molar-refractivity contribution in [3.05, 3.63) is 52.8 Å². The molecule has 0 bridgehead atoms. The van der Waals surface area contributed by atoms with Gasteiger partial charge in [0.15, 0.2) is 0 Å². The summed E-state index contributed by atoms with van der Waals surface area (Å²) in [5.41, 5.74) is 0.520. The lowest BCUT2D eigenvalue weighted by molar-refractivity contribution is -0.134. The predicted molar refractivity (Wildman–Crippen MR) is 111 cm³/mol. The molecule has 1 fully saturated rings. The van der Waals surface area contributed by atoms with Crippen LogP contribution in [0.2, 0.25) is 0 Å². The summed E-state index contributed by atoms with van der Waals surface area (Å²) in [7, 11) is 0. The third kappa shape index (κ3) is 4.67. The molecule has 1 aliphatic heterocycles. The van der Waals surface area contributed by atoms with E-state index in [9.17, 15) is 9.59 Å². The van der Waals surface area contributed by atoms with Crippen LogP contribution in [0.1, 0.15) is 24.2 Å². The molecule has 0 aliphatic carbocycles. The van der Waals surface area contributed by atoms with Crippen LogP contribution >= 0.6 is 15.9 Å². The molecule has 28 heavy (non-hydrogen) atoms. The lowest BCUT2D eigenvalue weighted by atomic mass is 10.0. The molecule has 2 amide bonds. The number of hydrogen-bond acceptors (Lipinski definition) is 5. The Morgan fingerprint density at radius 3 is 2.29 bits per heavy atom. The molecule has 148 valence electrons. The lowest BCUT2D eigenvalue weighted by Crippen LogP contribution is -2.56. The highest BCUT2D eigenvalue weighted by Gasteiger charge is 2.31. The zero-order valence-corrected chi connectivity index (χ0v) is 17.6. The SMILES string of the molecule is CC(C)[C@H](NC(=O)c1ccccc1Br)C(=O)N1CCN(c2ncccn2)CC1. The Labute approximate surface area is 173 Å². The van der Waals surface area contributed by atoms with Gasteiger partial charge in [-0.25, -0.2) is 9.97 Å². The fraction of sp³-hybridized carbons (Fsp3) is 0.400. The average Bonchev–Trinajstić information content (AvgIpc) is 2.72. The molecule has 1 aliphatic rings. The molecule has 1 saturated heterocycles. The first-order valence-corrected chi connectivity index (χ1v) is 10.1. The molecule has 0 spiro atoms. The minimum absolute atomic E-state index is 0.0191. The molecular formula is C20H24BrN5O2. The Kier molecular flexibility index (Phi) is 6.61. The number of halogens is 1. The van der Waals surface area contributed by atoms with Crippen molar-refractivity contribution in [3.63, 3.8) is 0 Å². The van der Waals surface area contributed by atoms with Gasteiger partial charge in [0.1, 0.15) is 6.04 Å². The van der Waals surface area contributed by atoms with Crippen LogP contribution in [0, 0.1) is 5.92 Å². The first-order valence-electron chi connectivity index (χ1n) is 9.33. The van der Waals surface area contributed by atoms with E-state index in [1.54, 1.807) is 30.6 Å². The third-order valence-corrected chi connectivity index (χ3v) is 5.46. The van der Waals surface area contributed by atoms with Gasteiger partial charge in [-0.15, -0.1) is 0 Å². The van der Waals surface area contributed by atoms with E-state index in [2.05, 4.69) is 36.1 Å². The Morgan fingerprint density at radius 1 is 1.04 bits per heavy atom. The fourth-order valence-electron chi connectivity index (χ4n) is 3.16. The number of benzene rings is 1. The largest absolute Gasteiger partial charge is 0.340 e. The normalized spacial score (nSPS) is 15.4. The molecule has 2 aromatic rings. The van der Waals surface area contributed by atoms with Crippen molar-refractivity contribution >= 4 is 33.7 Å². The second-order valence-electron chi connectivity index (χ2n) is 7.04. The number of aromatic nitrogens is 2. The van der Waals surface area contributed by atoms with Gasteiger partial charge in [0, 0.05) is 43.0 Å². The van der Waals surface area contributed by atoms with Crippen molar-refractivity contribution in [2.75, 3.05) is 31.1 Å². The Balaban J connectivity index is 1.64. The lowest BCUT2D eigenvalue weighted by Gasteiger charge is -2.37. The maximum Gasteiger partial charge on any atom is 0.253 e. The molecule has 7 nitrogen and oxygen atoms in total. The zero-order chi connectivity index (χ0) is 20.1. The molecule has 8 heteroatoms. The van der Waals surface area contributed by atoms with Gasteiger partial charge >= 0.3 is 0 Å². The van der Waals surface area contributed by atoms with Crippen LogP contribution in [-0.2, 0) is 4.79 Å². The molecule has 1 atom stereocenters. The van der Waals surface area contributed by atoms with Crippen molar-refractivity contribution in [1.82, 2.24) is 20.2 Å². The summed E-state index contributed by atoms with van der Waals surface area (Å²) in [4.78, 5) is 38.2. The maximum atomic E-state index is 13.1. The molecule has 0 unspecified atom stereocenters. The van der Waals surface area contributed by atoms with Crippen LogP contribution in [0.15, 0.2) is 47.2 Å². The number of carbonyl (C=O) groups is 2. The summed E-state index contributed by atoms with van der Waals surface area (Å²) >= 11 is 3.39. The van der Waals surface area contributed by atoms with E-state index >= 15 is 0 Å². The maximum absolute atomic E-state index is 13.1. The number of carbonyl (C=O) groups excluding carboxylic acids is 2. The molecule has 1 aromatic heterocycles. The van der Waals surface area contributed by atoms with Crippen LogP contribution in [0.4, 0.5) is 5.95 Å². The van der Waals surface area contributed by atoms with Crippen molar-refractivity contribution in [1.29, 1.82) is 0 Å². The fourth-order valence-corrected chi connectivity index (χ4v) is 3.62.